The second-order valence-electron chi connectivity index (χ2n) is 6.51. The highest BCUT2D eigenvalue weighted by Gasteiger charge is 2.33. The van der Waals surface area contributed by atoms with Gasteiger partial charge in [-0.3, -0.25) is 14.3 Å². The summed E-state index contributed by atoms with van der Waals surface area (Å²) in [7, 11) is 2.86. The molecular weight excluding hydrogens is 363 g/mol. The number of rotatable bonds is 3. The topological polar surface area (TPSA) is 63.4 Å². The first-order chi connectivity index (χ1) is 12.7. The van der Waals surface area contributed by atoms with Crippen LogP contribution in [0.25, 0.3) is 0 Å². The zero-order valence-electron chi connectivity index (χ0n) is 15.0. The number of hydrogen-bond donors (Lipinski definition) is 0. The third-order valence-electron chi connectivity index (χ3n) is 4.69. The summed E-state index contributed by atoms with van der Waals surface area (Å²) in [6, 6.07) is 5.55. The third kappa shape index (κ3) is 3.90. The lowest BCUT2D eigenvalue weighted by atomic mass is 10.1. The summed E-state index contributed by atoms with van der Waals surface area (Å²) in [6.07, 6.45) is -4.39. The number of aryl methyl sites for hydroxylation is 1. The molecule has 0 atom stereocenters. The van der Waals surface area contributed by atoms with Crippen molar-refractivity contribution in [2.45, 2.75) is 12.7 Å². The zero-order valence-corrected chi connectivity index (χ0v) is 15.0. The van der Waals surface area contributed by atoms with Crippen LogP contribution >= 0.6 is 0 Å². The van der Waals surface area contributed by atoms with E-state index < -0.39 is 23.0 Å². The fourth-order valence-electron chi connectivity index (χ4n) is 3.17. The van der Waals surface area contributed by atoms with Gasteiger partial charge in [0.15, 0.2) is 0 Å². The van der Waals surface area contributed by atoms with E-state index in [-0.39, 0.29) is 17.9 Å². The van der Waals surface area contributed by atoms with Crippen molar-refractivity contribution in [1.29, 1.82) is 0 Å². The first kappa shape index (κ1) is 19.2. The SMILES string of the molecule is Cn1nc(N2CCN(Cc3ccccc3C(F)(F)F)CC2)c(=O)n(C)c1=O. The average Bonchev–Trinajstić information content (AvgIpc) is 2.63. The maximum absolute atomic E-state index is 13.1. The molecule has 0 saturated carbocycles. The molecule has 1 saturated heterocycles. The Bertz CT molecular complexity index is 943. The molecule has 0 unspecified atom stereocenters. The minimum Gasteiger partial charge on any atom is -0.348 e. The Morgan fingerprint density at radius 1 is 1.04 bits per heavy atom. The van der Waals surface area contributed by atoms with E-state index in [1.54, 1.807) is 11.0 Å². The van der Waals surface area contributed by atoms with Gasteiger partial charge in [0, 0.05) is 46.8 Å². The second-order valence-corrected chi connectivity index (χ2v) is 6.51. The number of piperazine rings is 1. The van der Waals surface area contributed by atoms with Crippen LogP contribution in [0.5, 0.6) is 0 Å². The minimum absolute atomic E-state index is 0.176. The predicted molar refractivity (Wildman–Crippen MR) is 93.7 cm³/mol. The first-order valence-electron chi connectivity index (χ1n) is 8.45. The summed E-state index contributed by atoms with van der Waals surface area (Å²) in [5, 5.41) is 4.04. The van der Waals surface area contributed by atoms with Crippen molar-refractivity contribution >= 4 is 5.82 Å². The van der Waals surface area contributed by atoms with Crippen LogP contribution in [0.4, 0.5) is 19.0 Å². The van der Waals surface area contributed by atoms with Gasteiger partial charge >= 0.3 is 11.9 Å². The molecule has 0 bridgehead atoms. The fourth-order valence-corrected chi connectivity index (χ4v) is 3.17. The lowest BCUT2D eigenvalue weighted by molar-refractivity contribution is -0.138. The number of halogens is 3. The number of anilines is 1. The van der Waals surface area contributed by atoms with E-state index in [1.165, 1.54) is 26.2 Å². The van der Waals surface area contributed by atoms with Crippen molar-refractivity contribution in [2.75, 3.05) is 31.1 Å². The molecule has 146 valence electrons. The van der Waals surface area contributed by atoms with Gasteiger partial charge in [0.2, 0.25) is 5.82 Å². The molecule has 1 aliphatic heterocycles. The highest BCUT2D eigenvalue weighted by atomic mass is 19.4. The van der Waals surface area contributed by atoms with E-state index in [2.05, 4.69) is 5.10 Å². The number of nitrogens with zero attached hydrogens (tertiary/aromatic N) is 5. The van der Waals surface area contributed by atoms with Crippen molar-refractivity contribution in [3.05, 3.63) is 56.2 Å². The monoisotopic (exact) mass is 383 g/mol. The molecule has 1 aliphatic rings. The van der Waals surface area contributed by atoms with E-state index in [0.29, 0.717) is 26.2 Å². The quantitative estimate of drug-likeness (QED) is 0.785. The lowest BCUT2D eigenvalue weighted by Crippen LogP contribution is -2.50. The molecule has 27 heavy (non-hydrogen) atoms. The normalized spacial score (nSPS) is 16.0. The maximum Gasteiger partial charge on any atom is 0.416 e. The molecule has 0 N–H and O–H groups in total. The first-order valence-corrected chi connectivity index (χ1v) is 8.45. The summed E-state index contributed by atoms with van der Waals surface area (Å²) in [6.45, 7) is 2.03. The summed E-state index contributed by atoms with van der Waals surface area (Å²) >= 11 is 0. The molecular formula is C17H20F3N5O2. The predicted octanol–water partition coefficient (Wildman–Crippen LogP) is 0.820. The second kappa shape index (κ2) is 7.18. The summed E-state index contributed by atoms with van der Waals surface area (Å²) in [5.41, 5.74) is -1.38. The van der Waals surface area contributed by atoms with E-state index in [1.807, 2.05) is 4.90 Å². The van der Waals surface area contributed by atoms with Gasteiger partial charge in [-0.2, -0.15) is 13.2 Å². The molecule has 0 spiro atoms. The average molecular weight is 383 g/mol. The van der Waals surface area contributed by atoms with Crippen molar-refractivity contribution in [3.8, 4) is 0 Å². The van der Waals surface area contributed by atoms with Crippen molar-refractivity contribution in [2.24, 2.45) is 14.1 Å². The Hall–Kier alpha value is -2.62. The highest BCUT2D eigenvalue weighted by Crippen LogP contribution is 2.32. The van der Waals surface area contributed by atoms with Gasteiger partial charge in [-0.1, -0.05) is 18.2 Å². The number of hydrogen-bond acceptors (Lipinski definition) is 5. The Labute approximate surface area is 153 Å². The van der Waals surface area contributed by atoms with E-state index in [4.69, 9.17) is 0 Å². The van der Waals surface area contributed by atoms with Gasteiger partial charge in [0.1, 0.15) is 0 Å². The molecule has 1 fully saturated rings. The molecule has 1 aromatic heterocycles. The van der Waals surface area contributed by atoms with Gasteiger partial charge in [-0.05, 0) is 11.6 Å². The van der Waals surface area contributed by atoms with Crippen LogP contribution in [0.15, 0.2) is 33.9 Å². The zero-order chi connectivity index (χ0) is 19.8. The Kier molecular flexibility index (Phi) is 5.09. The van der Waals surface area contributed by atoms with Crippen molar-refractivity contribution in [3.63, 3.8) is 0 Å². The van der Waals surface area contributed by atoms with Gasteiger partial charge in [0.05, 0.1) is 5.56 Å². The van der Waals surface area contributed by atoms with Crippen molar-refractivity contribution in [1.82, 2.24) is 19.2 Å². The fraction of sp³-hybridized carbons (Fsp3) is 0.471. The molecule has 7 nitrogen and oxygen atoms in total. The summed E-state index contributed by atoms with van der Waals surface area (Å²) in [4.78, 5) is 27.7. The van der Waals surface area contributed by atoms with Crippen LogP contribution in [-0.4, -0.2) is 45.4 Å². The molecule has 0 amide bonds. The largest absolute Gasteiger partial charge is 0.416 e. The molecule has 10 heteroatoms. The van der Waals surface area contributed by atoms with Crippen LogP contribution < -0.4 is 16.1 Å². The Morgan fingerprint density at radius 2 is 1.67 bits per heavy atom. The van der Waals surface area contributed by atoms with Crippen LogP contribution in [-0.2, 0) is 26.8 Å². The van der Waals surface area contributed by atoms with Crippen molar-refractivity contribution < 1.29 is 13.2 Å². The van der Waals surface area contributed by atoms with E-state index in [0.717, 1.165) is 15.3 Å². The van der Waals surface area contributed by atoms with Crippen LogP contribution in [0.2, 0.25) is 0 Å². The summed E-state index contributed by atoms with van der Waals surface area (Å²) in [5.74, 6) is 0.176. The van der Waals surface area contributed by atoms with Crippen LogP contribution in [0.1, 0.15) is 11.1 Å². The van der Waals surface area contributed by atoms with Crippen LogP contribution in [0, 0.1) is 0 Å². The molecule has 1 aromatic carbocycles. The Balaban J connectivity index is 1.73. The van der Waals surface area contributed by atoms with E-state index >= 15 is 0 Å². The third-order valence-corrected chi connectivity index (χ3v) is 4.69. The molecule has 2 aromatic rings. The number of alkyl halides is 3. The maximum atomic E-state index is 13.1. The highest BCUT2D eigenvalue weighted by molar-refractivity contribution is 5.35. The lowest BCUT2D eigenvalue weighted by Gasteiger charge is -2.35. The number of benzene rings is 1. The van der Waals surface area contributed by atoms with Crippen LogP contribution in [0.3, 0.4) is 0 Å². The molecule has 2 heterocycles. The molecule has 3 rings (SSSR count). The molecule has 0 aliphatic carbocycles. The van der Waals surface area contributed by atoms with E-state index in [9.17, 15) is 22.8 Å². The summed E-state index contributed by atoms with van der Waals surface area (Å²) < 4.78 is 41.5. The smallest absolute Gasteiger partial charge is 0.348 e. The van der Waals surface area contributed by atoms with Gasteiger partial charge in [0.25, 0.3) is 5.56 Å². The van der Waals surface area contributed by atoms with Gasteiger partial charge < -0.3 is 4.90 Å². The van der Waals surface area contributed by atoms with Gasteiger partial charge in [-0.25, -0.2) is 9.48 Å². The number of aromatic nitrogens is 3. The molecule has 0 radical (unpaired) electrons. The van der Waals surface area contributed by atoms with Gasteiger partial charge in [-0.15, -0.1) is 5.10 Å². The minimum atomic E-state index is -4.39. The Morgan fingerprint density at radius 3 is 2.30 bits per heavy atom. The standard InChI is InChI=1S/C17H20F3N5O2/c1-22-15(26)14(21-23(2)16(22)27)25-9-7-24(8-10-25)11-12-5-3-4-6-13(12)17(18,19)20/h3-6H,7-11H2,1-2H3.